The molecule has 3 rings (SSSR count). The van der Waals surface area contributed by atoms with Gasteiger partial charge in [0.25, 0.3) is 0 Å². The van der Waals surface area contributed by atoms with Crippen molar-refractivity contribution in [1.82, 2.24) is 0 Å². The van der Waals surface area contributed by atoms with E-state index in [0.29, 0.717) is 0 Å². The summed E-state index contributed by atoms with van der Waals surface area (Å²) in [6.45, 7) is 2.08. The number of fused-ring (bicyclic) bond motifs is 3. The smallest absolute Gasteiger partial charge is 0.135 e. The average molecular weight is 197 g/mol. The van der Waals surface area contributed by atoms with Crippen molar-refractivity contribution in [3.63, 3.8) is 0 Å². The fourth-order valence-electron chi connectivity index (χ4n) is 2.02. The Balaban J connectivity index is 2.61. The van der Waals surface area contributed by atoms with E-state index < -0.39 is 0 Å². The second-order valence-corrected chi connectivity index (χ2v) is 3.81. The van der Waals surface area contributed by atoms with Gasteiger partial charge in [0, 0.05) is 16.5 Å². The second kappa shape index (κ2) is 2.76. The van der Waals surface area contributed by atoms with E-state index in [2.05, 4.69) is 13.0 Å². The van der Waals surface area contributed by atoms with Crippen LogP contribution in [0.25, 0.3) is 21.9 Å². The van der Waals surface area contributed by atoms with Gasteiger partial charge in [0.1, 0.15) is 11.2 Å². The molecule has 0 saturated heterocycles. The monoisotopic (exact) mass is 197 g/mol. The lowest BCUT2D eigenvalue weighted by molar-refractivity contribution is 0.669. The quantitative estimate of drug-likeness (QED) is 0.560. The van der Waals surface area contributed by atoms with Crippen LogP contribution in [-0.2, 0) is 0 Å². The fourth-order valence-corrected chi connectivity index (χ4v) is 2.02. The van der Waals surface area contributed by atoms with Crippen molar-refractivity contribution in [1.29, 1.82) is 0 Å². The molecule has 2 heteroatoms. The maximum atomic E-state index is 5.78. The zero-order valence-electron chi connectivity index (χ0n) is 8.45. The molecule has 0 saturated carbocycles. The highest BCUT2D eigenvalue weighted by molar-refractivity contribution is 6.07. The first-order valence-corrected chi connectivity index (χ1v) is 4.93. The van der Waals surface area contributed by atoms with Crippen LogP contribution in [0.2, 0.25) is 0 Å². The van der Waals surface area contributed by atoms with Gasteiger partial charge in [-0.15, -0.1) is 0 Å². The van der Waals surface area contributed by atoms with Gasteiger partial charge < -0.3 is 10.2 Å². The van der Waals surface area contributed by atoms with Crippen LogP contribution in [0.15, 0.2) is 40.8 Å². The lowest BCUT2D eigenvalue weighted by Crippen LogP contribution is -1.82. The van der Waals surface area contributed by atoms with Gasteiger partial charge >= 0.3 is 0 Å². The molecule has 2 nitrogen and oxygen atoms in total. The SMILES string of the molecule is Cc1cccc2oc3ccc(N)cc3c12. The lowest BCUT2D eigenvalue weighted by atomic mass is 10.1. The third-order valence-corrected chi connectivity index (χ3v) is 2.73. The van der Waals surface area contributed by atoms with E-state index in [1.165, 1.54) is 10.9 Å². The molecule has 1 heterocycles. The van der Waals surface area contributed by atoms with Crippen molar-refractivity contribution in [2.24, 2.45) is 0 Å². The van der Waals surface area contributed by atoms with Crippen molar-refractivity contribution >= 4 is 27.6 Å². The molecule has 2 N–H and O–H groups in total. The molecule has 0 aliphatic rings. The molecule has 0 atom stereocenters. The summed E-state index contributed by atoms with van der Waals surface area (Å²) in [7, 11) is 0. The summed E-state index contributed by atoms with van der Waals surface area (Å²) in [4.78, 5) is 0. The van der Waals surface area contributed by atoms with Crippen LogP contribution in [0.5, 0.6) is 0 Å². The van der Waals surface area contributed by atoms with Gasteiger partial charge in [-0.3, -0.25) is 0 Å². The number of nitrogens with two attached hydrogens (primary N) is 1. The van der Waals surface area contributed by atoms with E-state index in [-0.39, 0.29) is 0 Å². The first-order chi connectivity index (χ1) is 7.25. The second-order valence-electron chi connectivity index (χ2n) is 3.81. The van der Waals surface area contributed by atoms with Crippen LogP contribution >= 0.6 is 0 Å². The minimum absolute atomic E-state index is 0.772. The van der Waals surface area contributed by atoms with Crippen molar-refractivity contribution in [2.45, 2.75) is 6.92 Å². The molecule has 15 heavy (non-hydrogen) atoms. The first-order valence-electron chi connectivity index (χ1n) is 4.93. The summed E-state index contributed by atoms with van der Waals surface area (Å²) in [5, 5.41) is 2.27. The summed E-state index contributed by atoms with van der Waals surface area (Å²) >= 11 is 0. The minimum atomic E-state index is 0.772. The molecule has 0 radical (unpaired) electrons. The Bertz CT molecular complexity index is 652. The Morgan fingerprint density at radius 2 is 1.93 bits per heavy atom. The standard InChI is InChI=1S/C13H11NO/c1-8-3-2-4-12-13(8)10-7-9(14)5-6-11(10)15-12/h2-7H,14H2,1H3. The van der Waals surface area contributed by atoms with Crippen LogP contribution in [0.3, 0.4) is 0 Å². The largest absolute Gasteiger partial charge is 0.456 e. The number of anilines is 1. The molecule has 0 amide bonds. The van der Waals surface area contributed by atoms with E-state index in [1.54, 1.807) is 0 Å². The fraction of sp³-hybridized carbons (Fsp3) is 0.0769. The molecule has 0 aliphatic carbocycles. The normalized spacial score (nSPS) is 11.3. The Morgan fingerprint density at radius 3 is 2.80 bits per heavy atom. The third kappa shape index (κ3) is 1.11. The van der Waals surface area contributed by atoms with Gasteiger partial charge in [-0.1, -0.05) is 12.1 Å². The molecule has 74 valence electrons. The van der Waals surface area contributed by atoms with Gasteiger partial charge in [0.05, 0.1) is 0 Å². The highest BCUT2D eigenvalue weighted by Gasteiger charge is 2.08. The Morgan fingerprint density at radius 1 is 1.07 bits per heavy atom. The van der Waals surface area contributed by atoms with Crippen LogP contribution < -0.4 is 5.73 Å². The number of nitrogen functional groups attached to an aromatic ring is 1. The number of benzene rings is 2. The lowest BCUT2D eigenvalue weighted by Gasteiger charge is -1.95. The Labute approximate surface area is 87.3 Å². The van der Waals surface area contributed by atoms with Gasteiger partial charge in [-0.2, -0.15) is 0 Å². The number of aryl methyl sites for hydroxylation is 1. The molecular formula is C13H11NO. The van der Waals surface area contributed by atoms with E-state index in [0.717, 1.165) is 22.2 Å². The molecule has 0 bridgehead atoms. The summed E-state index contributed by atoms with van der Waals surface area (Å²) in [5.74, 6) is 0. The summed E-state index contributed by atoms with van der Waals surface area (Å²) in [6.07, 6.45) is 0. The van der Waals surface area contributed by atoms with Crippen molar-refractivity contribution in [2.75, 3.05) is 5.73 Å². The first kappa shape index (κ1) is 8.36. The van der Waals surface area contributed by atoms with Gasteiger partial charge in [0.15, 0.2) is 0 Å². The van der Waals surface area contributed by atoms with E-state index >= 15 is 0 Å². The van der Waals surface area contributed by atoms with Gasteiger partial charge in [-0.25, -0.2) is 0 Å². The summed E-state index contributed by atoms with van der Waals surface area (Å²) in [5.41, 5.74) is 9.60. The number of hydrogen-bond acceptors (Lipinski definition) is 2. The van der Waals surface area contributed by atoms with Crippen molar-refractivity contribution < 1.29 is 4.42 Å². The number of hydrogen-bond donors (Lipinski definition) is 1. The molecule has 0 spiro atoms. The predicted molar refractivity (Wildman–Crippen MR) is 62.9 cm³/mol. The van der Waals surface area contributed by atoms with Gasteiger partial charge in [0.2, 0.25) is 0 Å². The molecule has 0 aliphatic heterocycles. The number of rotatable bonds is 0. The molecule has 3 aromatic rings. The maximum absolute atomic E-state index is 5.78. The van der Waals surface area contributed by atoms with E-state index in [1.807, 2.05) is 30.3 Å². The Kier molecular flexibility index (Phi) is 1.54. The van der Waals surface area contributed by atoms with Crippen LogP contribution in [0.1, 0.15) is 5.56 Å². The third-order valence-electron chi connectivity index (χ3n) is 2.73. The van der Waals surface area contributed by atoms with Crippen LogP contribution in [0, 0.1) is 6.92 Å². The maximum Gasteiger partial charge on any atom is 0.135 e. The zero-order chi connectivity index (χ0) is 10.4. The van der Waals surface area contributed by atoms with Crippen LogP contribution in [0.4, 0.5) is 5.69 Å². The Hall–Kier alpha value is -1.96. The van der Waals surface area contributed by atoms with Crippen molar-refractivity contribution in [3.8, 4) is 0 Å². The van der Waals surface area contributed by atoms with Crippen LogP contribution in [-0.4, -0.2) is 0 Å². The highest BCUT2D eigenvalue weighted by atomic mass is 16.3. The number of furan rings is 1. The summed E-state index contributed by atoms with van der Waals surface area (Å²) < 4.78 is 5.73. The van der Waals surface area contributed by atoms with Gasteiger partial charge in [-0.05, 0) is 36.8 Å². The topological polar surface area (TPSA) is 39.2 Å². The molecular weight excluding hydrogens is 186 g/mol. The zero-order valence-corrected chi connectivity index (χ0v) is 8.45. The highest BCUT2D eigenvalue weighted by Crippen LogP contribution is 2.31. The molecule has 1 aromatic heterocycles. The predicted octanol–water partition coefficient (Wildman–Crippen LogP) is 3.48. The van der Waals surface area contributed by atoms with E-state index in [9.17, 15) is 0 Å². The molecule has 2 aromatic carbocycles. The van der Waals surface area contributed by atoms with Crippen molar-refractivity contribution in [3.05, 3.63) is 42.0 Å². The minimum Gasteiger partial charge on any atom is -0.456 e. The molecule has 0 fully saturated rings. The molecule has 0 unspecified atom stereocenters. The summed E-state index contributed by atoms with van der Waals surface area (Å²) in [6, 6.07) is 11.8. The average Bonchev–Trinajstić information content (AvgIpc) is 2.57. The van der Waals surface area contributed by atoms with E-state index in [4.69, 9.17) is 10.2 Å².